The summed E-state index contributed by atoms with van der Waals surface area (Å²) in [7, 11) is 0. The number of H-pyrrole nitrogens is 1. The maximum Gasteiger partial charge on any atom is 0.352 e. The maximum atomic E-state index is 10.6. The van der Waals surface area contributed by atoms with Gasteiger partial charge in [-0.1, -0.05) is 0 Å². The van der Waals surface area contributed by atoms with Crippen LogP contribution in [-0.2, 0) is 4.74 Å². The van der Waals surface area contributed by atoms with Gasteiger partial charge in [-0.25, -0.2) is 4.79 Å². The van der Waals surface area contributed by atoms with Crippen molar-refractivity contribution in [2.45, 2.75) is 18.3 Å². The van der Waals surface area contributed by atoms with Gasteiger partial charge in [0, 0.05) is 5.69 Å². The Hall–Kier alpha value is -1.37. The summed E-state index contributed by atoms with van der Waals surface area (Å²) >= 11 is 0. The number of rotatable bonds is 2. The van der Waals surface area contributed by atoms with Crippen molar-refractivity contribution >= 4 is 5.97 Å². The highest BCUT2D eigenvalue weighted by atomic mass is 16.5. The Morgan fingerprint density at radius 1 is 1.47 bits per heavy atom. The average Bonchev–Trinajstić information content (AvgIpc) is 2.76. The van der Waals surface area contributed by atoms with E-state index in [1.807, 2.05) is 0 Å². The van der Waals surface area contributed by atoms with Crippen molar-refractivity contribution < 1.29 is 24.9 Å². The van der Waals surface area contributed by atoms with Gasteiger partial charge in [0.25, 0.3) is 0 Å². The van der Waals surface area contributed by atoms with E-state index in [1.54, 1.807) is 0 Å². The monoisotopic (exact) mass is 213 g/mol. The van der Waals surface area contributed by atoms with E-state index in [0.29, 0.717) is 5.69 Å². The van der Waals surface area contributed by atoms with Gasteiger partial charge in [-0.3, -0.25) is 0 Å². The van der Waals surface area contributed by atoms with E-state index in [4.69, 9.17) is 9.84 Å². The summed E-state index contributed by atoms with van der Waals surface area (Å²) < 4.78 is 5.13. The standard InChI is InChI=1S/C9H11NO5/c11-6-3-15-8(7(6)12)4-1-2-5(10-4)9(13)14/h1-2,6-8,10-12H,3H2,(H,13,14). The lowest BCUT2D eigenvalue weighted by Crippen LogP contribution is -2.25. The van der Waals surface area contributed by atoms with Gasteiger partial charge < -0.3 is 25.0 Å². The maximum absolute atomic E-state index is 10.6. The van der Waals surface area contributed by atoms with E-state index < -0.39 is 24.3 Å². The minimum absolute atomic E-state index is 0.0298. The minimum atomic E-state index is -1.07. The molecule has 0 saturated carbocycles. The molecule has 1 saturated heterocycles. The Kier molecular flexibility index (Phi) is 2.47. The lowest BCUT2D eigenvalue weighted by molar-refractivity contribution is 0.0206. The molecule has 0 spiro atoms. The third-order valence-corrected chi connectivity index (χ3v) is 2.40. The SMILES string of the molecule is O=C(O)c1ccc(C2OCC(O)C2O)[nH]1. The molecule has 0 radical (unpaired) electrons. The summed E-state index contributed by atoms with van der Waals surface area (Å²) in [5.41, 5.74) is 0.485. The summed E-state index contributed by atoms with van der Waals surface area (Å²) in [5, 5.41) is 27.4. The molecule has 6 heteroatoms. The van der Waals surface area contributed by atoms with E-state index in [9.17, 15) is 15.0 Å². The number of aromatic amines is 1. The fourth-order valence-electron chi connectivity index (χ4n) is 1.58. The largest absolute Gasteiger partial charge is 0.477 e. The highest BCUT2D eigenvalue weighted by molar-refractivity contribution is 5.85. The number of aliphatic hydroxyl groups excluding tert-OH is 2. The fourth-order valence-corrected chi connectivity index (χ4v) is 1.58. The first-order valence-corrected chi connectivity index (χ1v) is 4.49. The predicted molar refractivity (Wildman–Crippen MR) is 48.5 cm³/mol. The van der Waals surface area contributed by atoms with Gasteiger partial charge in [-0.15, -0.1) is 0 Å². The molecule has 3 atom stereocenters. The van der Waals surface area contributed by atoms with Crippen molar-refractivity contribution in [3.05, 3.63) is 23.5 Å². The van der Waals surface area contributed by atoms with Crippen LogP contribution in [0.25, 0.3) is 0 Å². The quantitative estimate of drug-likeness (QED) is 0.530. The number of hydrogen-bond donors (Lipinski definition) is 4. The zero-order valence-electron chi connectivity index (χ0n) is 7.75. The van der Waals surface area contributed by atoms with Crippen LogP contribution in [0.4, 0.5) is 0 Å². The van der Waals surface area contributed by atoms with Gasteiger partial charge in [0.15, 0.2) is 0 Å². The second-order valence-electron chi connectivity index (χ2n) is 3.44. The molecule has 6 nitrogen and oxygen atoms in total. The van der Waals surface area contributed by atoms with E-state index in [2.05, 4.69) is 4.98 Å². The molecule has 1 aromatic heterocycles. The first-order chi connectivity index (χ1) is 7.09. The molecule has 0 aromatic carbocycles. The van der Waals surface area contributed by atoms with Crippen LogP contribution < -0.4 is 0 Å². The highest BCUT2D eigenvalue weighted by Gasteiger charge is 2.36. The van der Waals surface area contributed by atoms with Crippen molar-refractivity contribution in [1.82, 2.24) is 4.98 Å². The fraction of sp³-hybridized carbons (Fsp3) is 0.444. The van der Waals surface area contributed by atoms with E-state index >= 15 is 0 Å². The second kappa shape index (κ2) is 3.65. The molecule has 3 unspecified atom stereocenters. The van der Waals surface area contributed by atoms with Gasteiger partial charge in [-0.2, -0.15) is 0 Å². The zero-order chi connectivity index (χ0) is 11.0. The van der Waals surface area contributed by atoms with Crippen LogP contribution in [0.2, 0.25) is 0 Å². The van der Waals surface area contributed by atoms with E-state index in [0.717, 1.165) is 0 Å². The van der Waals surface area contributed by atoms with Gasteiger partial charge in [-0.05, 0) is 12.1 Å². The first-order valence-electron chi connectivity index (χ1n) is 4.49. The van der Waals surface area contributed by atoms with Crippen molar-refractivity contribution in [3.63, 3.8) is 0 Å². The Morgan fingerprint density at radius 2 is 2.20 bits per heavy atom. The van der Waals surface area contributed by atoms with Crippen LogP contribution in [0.5, 0.6) is 0 Å². The lowest BCUT2D eigenvalue weighted by Gasteiger charge is -2.12. The summed E-state index contributed by atoms with van der Waals surface area (Å²) in [4.78, 5) is 13.2. The first kappa shape index (κ1) is 10.2. The Labute approximate surface area is 85.1 Å². The Bertz CT molecular complexity index is 374. The third-order valence-electron chi connectivity index (χ3n) is 2.40. The molecule has 0 aliphatic carbocycles. The molecule has 1 aliphatic heterocycles. The van der Waals surface area contributed by atoms with Crippen LogP contribution in [-0.4, -0.2) is 45.1 Å². The number of aromatic nitrogens is 1. The Balaban J connectivity index is 2.19. The number of carboxylic acids is 1. The Morgan fingerprint density at radius 3 is 2.67 bits per heavy atom. The normalized spacial score (nSPS) is 30.7. The van der Waals surface area contributed by atoms with Crippen LogP contribution in [0.1, 0.15) is 22.3 Å². The van der Waals surface area contributed by atoms with Crippen LogP contribution >= 0.6 is 0 Å². The predicted octanol–water partition coefficient (Wildman–Crippen LogP) is -0.494. The van der Waals surface area contributed by atoms with Crippen LogP contribution in [0.3, 0.4) is 0 Å². The van der Waals surface area contributed by atoms with Gasteiger partial charge >= 0.3 is 5.97 Å². The van der Waals surface area contributed by atoms with Crippen LogP contribution in [0, 0.1) is 0 Å². The number of aliphatic hydroxyl groups is 2. The summed E-state index contributed by atoms with van der Waals surface area (Å²) in [5.74, 6) is -1.07. The topological polar surface area (TPSA) is 103 Å². The van der Waals surface area contributed by atoms with Crippen molar-refractivity contribution in [3.8, 4) is 0 Å². The summed E-state index contributed by atoms with van der Waals surface area (Å²) in [6.07, 6.45) is -2.63. The van der Waals surface area contributed by atoms with Gasteiger partial charge in [0.2, 0.25) is 0 Å². The molecule has 15 heavy (non-hydrogen) atoms. The van der Waals surface area contributed by atoms with Crippen molar-refractivity contribution in [2.24, 2.45) is 0 Å². The van der Waals surface area contributed by atoms with Gasteiger partial charge in [0.05, 0.1) is 6.61 Å². The number of carbonyl (C=O) groups is 1. The molecular weight excluding hydrogens is 202 g/mol. The molecule has 1 fully saturated rings. The lowest BCUT2D eigenvalue weighted by atomic mass is 10.1. The van der Waals surface area contributed by atoms with Gasteiger partial charge in [0.1, 0.15) is 24.0 Å². The molecular formula is C9H11NO5. The summed E-state index contributed by atoms with van der Waals surface area (Å²) in [6, 6.07) is 2.91. The molecule has 0 bridgehead atoms. The molecule has 1 aliphatic rings. The zero-order valence-corrected chi connectivity index (χ0v) is 7.75. The minimum Gasteiger partial charge on any atom is -0.477 e. The van der Waals surface area contributed by atoms with Crippen LogP contribution in [0.15, 0.2) is 12.1 Å². The molecule has 2 rings (SSSR count). The smallest absolute Gasteiger partial charge is 0.352 e. The molecule has 0 amide bonds. The molecule has 4 N–H and O–H groups in total. The molecule has 2 heterocycles. The molecule has 1 aromatic rings. The van der Waals surface area contributed by atoms with Crippen molar-refractivity contribution in [2.75, 3.05) is 6.61 Å². The number of carboxylic acid groups (broad SMARTS) is 1. The number of aromatic carboxylic acids is 1. The highest BCUT2D eigenvalue weighted by Crippen LogP contribution is 2.28. The average molecular weight is 213 g/mol. The number of ether oxygens (including phenoxy) is 1. The second-order valence-corrected chi connectivity index (χ2v) is 3.44. The third kappa shape index (κ3) is 1.74. The number of hydrogen-bond acceptors (Lipinski definition) is 4. The van der Waals surface area contributed by atoms with E-state index in [-0.39, 0.29) is 12.3 Å². The molecule has 82 valence electrons. The van der Waals surface area contributed by atoms with Crippen molar-refractivity contribution in [1.29, 1.82) is 0 Å². The summed E-state index contributed by atoms with van der Waals surface area (Å²) in [6.45, 7) is 0.0489. The number of nitrogens with one attached hydrogen (secondary N) is 1. The van der Waals surface area contributed by atoms with E-state index in [1.165, 1.54) is 12.1 Å².